The number of halogens is 4. The molecule has 0 aliphatic carbocycles. The molecule has 5 heteroatoms. The molecule has 0 aliphatic heterocycles. The van der Waals surface area contributed by atoms with Gasteiger partial charge in [0.05, 0.1) is 10.7 Å². The zero-order valence-corrected chi connectivity index (χ0v) is 9.23. The van der Waals surface area contributed by atoms with Crippen molar-refractivity contribution < 1.29 is 13.2 Å². The molecular formula is C12H7ClF3N. The van der Waals surface area contributed by atoms with Gasteiger partial charge in [0, 0.05) is 17.2 Å². The Labute approximate surface area is 101 Å². The van der Waals surface area contributed by atoms with E-state index in [0.717, 1.165) is 18.2 Å². The smallest absolute Gasteiger partial charge is 0.134 e. The topological polar surface area (TPSA) is 26.0 Å². The van der Waals surface area contributed by atoms with Crippen molar-refractivity contribution in [3.05, 3.63) is 52.8 Å². The van der Waals surface area contributed by atoms with Crippen molar-refractivity contribution in [3.8, 4) is 11.1 Å². The van der Waals surface area contributed by atoms with E-state index in [1.807, 2.05) is 0 Å². The first-order valence-corrected chi connectivity index (χ1v) is 5.07. The van der Waals surface area contributed by atoms with Crippen molar-refractivity contribution in [2.45, 2.75) is 0 Å². The molecule has 0 saturated carbocycles. The van der Waals surface area contributed by atoms with Crippen molar-refractivity contribution in [1.82, 2.24) is 0 Å². The van der Waals surface area contributed by atoms with Crippen LogP contribution in [0.1, 0.15) is 0 Å². The van der Waals surface area contributed by atoms with Crippen LogP contribution >= 0.6 is 11.6 Å². The molecule has 2 rings (SSSR count). The van der Waals surface area contributed by atoms with Crippen LogP contribution in [0.2, 0.25) is 5.02 Å². The van der Waals surface area contributed by atoms with Gasteiger partial charge in [0.2, 0.25) is 0 Å². The van der Waals surface area contributed by atoms with Gasteiger partial charge in [-0.1, -0.05) is 11.6 Å². The van der Waals surface area contributed by atoms with E-state index in [4.69, 9.17) is 17.3 Å². The molecule has 0 spiro atoms. The lowest BCUT2D eigenvalue weighted by Gasteiger charge is -2.09. The molecule has 17 heavy (non-hydrogen) atoms. The van der Waals surface area contributed by atoms with Gasteiger partial charge in [-0.2, -0.15) is 0 Å². The molecule has 0 bridgehead atoms. The molecule has 2 aromatic rings. The van der Waals surface area contributed by atoms with E-state index in [1.165, 1.54) is 6.07 Å². The van der Waals surface area contributed by atoms with E-state index < -0.39 is 17.5 Å². The van der Waals surface area contributed by atoms with Crippen LogP contribution in [0.25, 0.3) is 11.1 Å². The largest absolute Gasteiger partial charge is 0.397 e. The summed E-state index contributed by atoms with van der Waals surface area (Å²) in [5.74, 6) is -2.17. The predicted octanol–water partition coefficient (Wildman–Crippen LogP) is 4.01. The highest BCUT2D eigenvalue weighted by molar-refractivity contribution is 6.33. The molecule has 2 aromatic carbocycles. The lowest BCUT2D eigenvalue weighted by molar-refractivity contribution is 0.585. The van der Waals surface area contributed by atoms with E-state index in [1.54, 1.807) is 0 Å². The minimum atomic E-state index is -0.821. The molecule has 0 aromatic heterocycles. The number of nitrogen functional groups attached to an aromatic ring is 1. The summed E-state index contributed by atoms with van der Waals surface area (Å²) in [6, 6.07) is 5.04. The fraction of sp³-hybridized carbons (Fsp3) is 0. The Bertz CT molecular complexity index is 584. The fourth-order valence-corrected chi connectivity index (χ4v) is 1.72. The van der Waals surface area contributed by atoms with Crippen molar-refractivity contribution in [2.75, 3.05) is 5.73 Å². The highest BCUT2D eigenvalue weighted by atomic mass is 35.5. The second-order valence-corrected chi connectivity index (χ2v) is 3.88. The van der Waals surface area contributed by atoms with Crippen LogP contribution in [-0.2, 0) is 0 Å². The standard InChI is InChI=1S/C12H7ClF3N/c13-10-4-7(15)3-9(12(10)17)8-2-1-6(14)5-11(8)16/h1-5H,17H2. The van der Waals surface area contributed by atoms with Gasteiger partial charge in [0.1, 0.15) is 17.5 Å². The molecule has 0 unspecified atom stereocenters. The summed E-state index contributed by atoms with van der Waals surface area (Å²) in [5.41, 5.74) is 5.79. The molecule has 0 fully saturated rings. The van der Waals surface area contributed by atoms with Gasteiger partial charge in [-0.05, 0) is 24.3 Å². The molecule has 0 atom stereocenters. The summed E-state index contributed by atoms with van der Waals surface area (Å²) >= 11 is 5.69. The fourth-order valence-electron chi connectivity index (χ4n) is 1.52. The third kappa shape index (κ3) is 2.22. The van der Waals surface area contributed by atoms with Gasteiger partial charge < -0.3 is 5.73 Å². The molecule has 0 amide bonds. The maximum atomic E-state index is 13.5. The first kappa shape index (κ1) is 11.8. The van der Waals surface area contributed by atoms with E-state index in [-0.39, 0.29) is 21.8 Å². The minimum absolute atomic E-state index is 0.00491. The van der Waals surface area contributed by atoms with Gasteiger partial charge in [-0.25, -0.2) is 13.2 Å². The number of anilines is 1. The van der Waals surface area contributed by atoms with Crippen LogP contribution in [0.15, 0.2) is 30.3 Å². The summed E-state index contributed by atoms with van der Waals surface area (Å²) in [7, 11) is 0. The monoisotopic (exact) mass is 257 g/mol. The summed E-state index contributed by atoms with van der Waals surface area (Å²) < 4.78 is 39.4. The van der Waals surface area contributed by atoms with Crippen molar-refractivity contribution in [3.63, 3.8) is 0 Å². The zero-order valence-electron chi connectivity index (χ0n) is 8.48. The van der Waals surface area contributed by atoms with Gasteiger partial charge in [-0.15, -0.1) is 0 Å². The summed E-state index contributed by atoms with van der Waals surface area (Å²) in [6.07, 6.45) is 0. The number of rotatable bonds is 1. The average molecular weight is 258 g/mol. The molecule has 0 radical (unpaired) electrons. The third-order valence-corrected chi connectivity index (χ3v) is 2.63. The minimum Gasteiger partial charge on any atom is -0.397 e. The number of hydrogen-bond donors (Lipinski definition) is 1. The van der Waals surface area contributed by atoms with Crippen LogP contribution in [0.3, 0.4) is 0 Å². The van der Waals surface area contributed by atoms with Crippen LogP contribution in [0.4, 0.5) is 18.9 Å². The Balaban J connectivity index is 2.68. The lowest BCUT2D eigenvalue weighted by atomic mass is 10.0. The normalized spacial score (nSPS) is 10.6. The Morgan fingerprint density at radius 3 is 2.24 bits per heavy atom. The van der Waals surface area contributed by atoms with E-state index in [9.17, 15) is 13.2 Å². The highest BCUT2D eigenvalue weighted by Gasteiger charge is 2.13. The molecule has 1 nitrogen and oxygen atoms in total. The highest BCUT2D eigenvalue weighted by Crippen LogP contribution is 2.34. The van der Waals surface area contributed by atoms with Gasteiger partial charge >= 0.3 is 0 Å². The number of hydrogen-bond acceptors (Lipinski definition) is 1. The second kappa shape index (κ2) is 4.30. The predicted molar refractivity (Wildman–Crippen MR) is 61.2 cm³/mol. The molecule has 0 aliphatic rings. The molecule has 0 saturated heterocycles. The maximum Gasteiger partial charge on any atom is 0.134 e. The molecular weight excluding hydrogens is 251 g/mol. The second-order valence-electron chi connectivity index (χ2n) is 3.47. The van der Waals surface area contributed by atoms with E-state index >= 15 is 0 Å². The van der Waals surface area contributed by atoms with E-state index in [2.05, 4.69) is 0 Å². The summed E-state index contributed by atoms with van der Waals surface area (Å²) in [4.78, 5) is 0. The van der Waals surface area contributed by atoms with Crippen LogP contribution in [-0.4, -0.2) is 0 Å². The Morgan fingerprint density at radius 2 is 1.59 bits per heavy atom. The SMILES string of the molecule is Nc1c(Cl)cc(F)cc1-c1ccc(F)cc1F. The van der Waals surface area contributed by atoms with Crippen LogP contribution < -0.4 is 5.73 Å². The van der Waals surface area contributed by atoms with Gasteiger partial charge in [0.25, 0.3) is 0 Å². The molecule has 0 heterocycles. The van der Waals surface area contributed by atoms with Gasteiger partial charge in [-0.3, -0.25) is 0 Å². The van der Waals surface area contributed by atoms with Gasteiger partial charge in [0.15, 0.2) is 0 Å². The lowest BCUT2D eigenvalue weighted by Crippen LogP contribution is -1.95. The average Bonchev–Trinajstić information content (AvgIpc) is 2.24. The Hall–Kier alpha value is -1.68. The van der Waals surface area contributed by atoms with E-state index in [0.29, 0.717) is 6.07 Å². The number of benzene rings is 2. The maximum absolute atomic E-state index is 13.5. The summed E-state index contributed by atoms with van der Waals surface area (Å²) in [5, 5.41) is -0.0104. The number of nitrogens with two attached hydrogens (primary N) is 1. The van der Waals surface area contributed by atoms with Crippen LogP contribution in [0.5, 0.6) is 0 Å². The Morgan fingerprint density at radius 1 is 0.882 bits per heavy atom. The Kier molecular flexibility index (Phi) is 2.98. The first-order chi connectivity index (χ1) is 7.99. The van der Waals surface area contributed by atoms with Crippen molar-refractivity contribution in [1.29, 1.82) is 0 Å². The molecule has 88 valence electrons. The molecule has 2 N–H and O–H groups in total. The van der Waals surface area contributed by atoms with Crippen LogP contribution in [0, 0.1) is 17.5 Å². The quantitative estimate of drug-likeness (QED) is 0.768. The van der Waals surface area contributed by atoms with Crippen molar-refractivity contribution in [2.24, 2.45) is 0 Å². The summed E-state index contributed by atoms with van der Waals surface area (Å²) in [6.45, 7) is 0. The van der Waals surface area contributed by atoms with Crippen molar-refractivity contribution >= 4 is 17.3 Å². The zero-order chi connectivity index (χ0) is 12.6. The first-order valence-electron chi connectivity index (χ1n) is 4.69. The third-order valence-electron chi connectivity index (χ3n) is 2.32.